The second-order valence-electron chi connectivity index (χ2n) is 4.73. The van der Waals surface area contributed by atoms with Crippen molar-refractivity contribution in [3.8, 4) is 0 Å². The Bertz CT molecular complexity index is 358. The summed E-state index contributed by atoms with van der Waals surface area (Å²) in [4.78, 5) is 0. The average Bonchev–Trinajstić information content (AvgIpc) is 2.53. The maximum atomic E-state index is 5.60. The van der Waals surface area contributed by atoms with Crippen LogP contribution in [0.25, 0.3) is 0 Å². The lowest BCUT2D eigenvalue weighted by Crippen LogP contribution is -2.36. The third kappa shape index (κ3) is 7.25. The quantitative estimate of drug-likeness (QED) is 0.368. The van der Waals surface area contributed by atoms with Crippen LogP contribution in [-0.4, -0.2) is 19.8 Å². The number of rotatable bonds is 13. The molecule has 116 valence electrons. The smallest absolute Gasteiger partial charge is 0.111 e. The Morgan fingerprint density at radius 3 is 1.24 bits per heavy atom. The lowest BCUT2D eigenvalue weighted by molar-refractivity contribution is -0.0238. The molecule has 0 unspecified atom stereocenters. The molecule has 3 heteroatoms. The van der Waals surface area contributed by atoms with Crippen LogP contribution in [0.2, 0.25) is 0 Å². The van der Waals surface area contributed by atoms with Crippen molar-refractivity contribution in [3.63, 3.8) is 0 Å². The van der Waals surface area contributed by atoms with Crippen LogP contribution >= 0.6 is 0 Å². The zero-order valence-electron chi connectivity index (χ0n) is 13.0. The van der Waals surface area contributed by atoms with E-state index >= 15 is 0 Å². The summed E-state index contributed by atoms with van der Waals surface area (Å²) in [5.41, 5.74) is -0.357. The van der Waals surface area contributed by atoms with Crippen LogP contribution in [0.5, 0.6) is 0 Å². The predicted molar refractivity (Wildman–Crippen MR) is 88.6 cm³/mol. The zero-order chi connectivity index (χ0) is 16.3. The fourth-order valence-electron chi connectivity index (χ4n) is 1.35. The molecule has 0 radical (unpaired) electrons. The molecule has 0 heterocycles. The van der Waals surface area contributed by atoms with Gasteiger partial charge in [-0.2, -0.15) is 0 Å². The molecule has 0 aromatic carbocycles. The normalized spacial score (nSPS) is 10.1. The highest BCUT2D eigenvalue weighted by Gasteiger charge is 2.32. The molecular formula is C18H26O3. The number of hydrogen-bond donors (Lipinski definition) is 0. The molecule has 0 amide bonds. The van der Waals surface area contributed by atoms with Crippen molar-refractivity contribution in [1.82, 2.24) is 0 Å². The van der Waals surface area contributed by atoms with Gasteiger partial charge in [-0.1, -0.05) is 46.4 Å². The van der Waals surface area contributed by atoms with Crippen molar-refractivity contribution in [2.24, 2.45) is 5.41 Å². The maximum Gasteiger partial charge on any atom is 0.111 e. The first-order chi connectivity index (χ1) is 9.92. The minimum absolute atomic E-state index is 0.357. The monoisotopic (exact) mass is 290 g/mol. The second-order valence-corrected chi connectivity index (χ2v) is 4.73. The van der Waals surface area contributed by atoms with Crippen molar-refractivity contribution in [3.05, 3.63) is 75.0 Å². The van der Waals surface area contributed by atoms with Crippen LogP contribution < -0.4 is 0 Å². The first kappa shape index (κ1) is 18.8. The fourth-order valence-corrected chi connectivity index (χ4v) is 1.35. The van der Waals surface area contributed by atoms with Crippen LogP contribution in [-0.2, 0) is 14.2 Å². The Balaban J connectivity index is 4.87. The maximum absolute atomic E-state index is 5.60. The summed E-state index contributed by atoms with van der Waals surface area (Å²) >= 11 is 0. The molecule has 0 N–H and O–H groups in total. The van der Waals surface area contributed by atoms with Gasteiger partial charge in [0.05, 0.1) is 5.41 Å². The molecule has 0 saturated carbocycles. The summed E-state index contributed by atoms with van der Waals surface area (Å²) in [6.45, 7) is 25.3. The SMILES string of the molecule is C=CC(=C)OCC(CC)(COC(=C)C=C)COC(=C)C=C. The summed E-state index contributed by atoms with van der Waals surface area (Å²) in [5.74, 6) is 1.54. The molecule has 0 rings (SSSR count). The first-order valence-corrected chi connectivity index (χ1v) is 6.75. The predicted octanol–water partition coefficient (Wildman–Crippen LogP) is 4.53. The topological polar surface area (TPSA) is 27.7 Å². The highest BCUT2D eigenvalue weighted by atomic mass is 16.5. The van der Waals surface area contributed by atoms with Crippen LogP contribution in [0.15, 0.2) is 75.0 Å². The molecule has 0 aromatic rings. The van der Waals surface area contributed by atoms with Crippen molar-refractivity contribution in [1.29, 1.82) is 0 Å². The molecule has 0 bridgehead atoms. The van der Waals surface area contributed by atoms with Gasteiger partial charge in [-0.25, -0.2) is 0 Å². The minimum atomic E-state index is -0.357. The molecule has 0 aliphatic heterocycles. The van der Waals surface area contributed by atoms with Gasteiger partial charge in [-0.15, -0.1) is 0 Å². The molecule has 3 nitrogen and oxygen atoms in total. The van der Waals surface area contributed by atoms with E-state index in [4.69, 9.17) is 14.2 Å². The first-order valence-electron chi connectivity index (χ1n) is 6.75. The Hall–Kier alpha value is -2.16. The van der Waals surface area contributed by atoms with Gasteiger partial charge in [0.25, 0.3) is 0 Å². The molecule has 21 heavy (non-hydrogen) atoms. The second kappa shape index (κ2) is 9.70. The number of hydrogen-bond acceptors (Lipinski definition) is 3. The van der Waals surface area contributed by atoms with Crippen LogP contribution in [0.3, 0.4) is 0 Å². The van der Waals surface area contributed by atoms with E-state index in [1.165, 1.54) is 0 Å². The molecule has 0 aliphatic rings. The van der Waals surface area contributed by atoms with E-state index in [1.807, 2.05) is 6.92 Å². The van der Waals surface area contributed by atoms with Gasteiger partial charge >= 0.3 is 0 Å². The largest absolute Gasteiger partial charge is 0.493 e. The third-order valence-electron chi connectivity index (χ3n) is 3.12. The lowest BCUT2D eigenvalue weighted by Gasteiger charge is -2.32. The van der Waals surface area contributed by atoms with E-state index in [0.29, 0.717) is 37.1 Å². The number of ether oxygens (including phenoxy) is 3. The minimum Gasteiger partial charge on any atom is -0.493 e. The summed E-state index contributed by atoms with van der Waals surface area (Å²) in [6, 6.07) is 0. The van der Waals surface area contributed by atoms with Gasteiger partial charge in [0.15, 0.2) is 0 Å². The Morgan fingerprint density at radius 2 is 1.05 bits per heavy atom. The van der Waals surface area contributed by atoms with E-state index in [-0.39, 0.29) is 5.41 Å². The van der Waals surface area contributed by atoms with E-state index in [2.05, 4.69) is 39.5 Å². The van der Waals surface area contributed by atoms with Crippen molar-refractivity contribution in [2.45, 2.75) is 13.3 Å². The van der Waals surface area contributed by atoms with Crippen molar-refractivity contribution >= 4 is 0 Å². The number of allylic oxidation sites excluding steroid dienone is 3. The lowest BCUT2D eigenvalue weighted by atomic mass is 9.88. The molecule has 0 aliphatic carbocycles. The Labute approximate surface area is 128 Å². The van der Waals surface area contributed by atoms with Gasteiger partial charge in [-0.3, -0.25) is 0 Å². The van der Waals surface area contributed by atoms with Gasteiger partial charge in [0.1, 0.15) is 37.1 Å². The molecular weight excluding hydrogens is 264 g/mol. The third-order valence-corrected chi connectivity index (χ3v) is 3.12. The van der Waals surface area contributed by atoms with E-state index in [9.17, 15) is 0 Å². The molecule has 0 spiro atoms. The van der Waals surface area contributed by atoms with Gasteiger partial charge in [0, 0.05) is 0 Å². The van der Waals surface area contributed by atoms with Crippen molar-refractivity contribution < 1.29 is 14.2 Å². The highest BCUT2D eigenvalue weighted by molar-refractivity contribution is 5.05. The van der Waals surface area contributed by atoms with E-state index in [0.717, 1.165) is 6.42 Å². The van der Waals surface area contributed by atoms with Crippen LogP contribution in [0.4, 0.5) is 0 Å². The van der Waals surface area contributed by atoms with Gasteiger partial charge < -0.3 is 14.2 Å². The Kier molecular flexibility index (Phi) is 8.70. The van der Waals surface area contributed by atoms with Crippen LogP contribution in [0, 0.1) is 5.41 Å². The molecule has 0 saturated heterocycles. The fraction of sp³-hybridized carbons (Fsp3) is 0.333. The summed E-state index contributed by atoms with van der Waals surface area (Å²) < 4.78 is 16.8. The highest BCUT2D eigenvalue weighted by Crippen LogP contribution is 2.27. The summed E-state index contributed by atoms with van der Waals surface area (Å²) in [7, 11) is 0. The standard InChI is InChI=1S/C18H26O3/c1-8-15(5)19-12-18(11-4,13-20-16(6)9-2)14-21-17(7)10-3/h8-10H,1-3,5-7,11-14H2,4H3. The molecule has 0 aromatic heterocycles. The van der Waals surface area contributed by atoms with Crippen LogP contribution in [0.1, 0.15) is 13.3 Å². The van der Waals surface area contributed by atoms with Gasteiger partial charge in [0.2, 0.25) is 0 Å². The van der Waals surface area contributed by atoms with Gasteiger partial charge in [-0.05, 0) is 24.6 Å². The molecule has 0 fully saturated rings. The molecule has 0 atom stereocenters. The average molecular weight is 290 g/mol. The summed E-state index contributed by atoms with van der Waals surface area (Å²) in [5, 5.41) is 0. The summed E-state index contributed by atoms with van der Waals surface area (Å²) in [6.07, 6.45) is 5.47. The zero-order valence-corrected chi connectivity index (χ0v) is 13.0. The van der Waals surface area contributed by atoms with E-state index in [1.54, 1.807) is 18.2 Å². The van der Waals surface area contributed by atoms with E-state index < -0.39 is 0 Å². The Morgan fingerprint density at radius 1 is 0.762 bits per heavy atom. The van der Waals surface area contributed by atoms with Crippen molar-refractivity contribution in [2.75, 3.05) is 19.8 Å².